The number of rotatable bonds is 7. The molecule has 2 aromatic carbocycles. The van der Waals surface area contributed by atoms with Crippen LogP contribution in [0.1, 0.15) is 5.56 Å². The summed E-state index contributed by atoms with van der Waals surface area (Å²) in [5.74, 6) is -0.334. The molecule has 1 aromatic heterocycles. The lowest BCUT2D eigenvalue weighted by molar-refractivity contribution is -0.118. The van der Waals surface area contributed by atoms with Crippen molar-refractivity contribution in [1.29, 1.82) is 0 Å². The van der Waals surface area contributed by atoms with E-state index in [2.05, 4.69) is 11.1 Å². The first-order chi connectivity index (χ1) is 13.0. The van der Waals surface area contributed by atoms with E-state index in [0.717, 1.165) is 22.3 Å². The minimum atomic E-state index is -0.300. The monoisotopic (exact) mass is 403 g/mol. The highest BCUT2D eigenvalue weighted by Crippen LogP contribution is 2.31. The van der Waals surface area contributed by atoms with Crippen LogP contribution in [0.4, 0.5) is 9.52 Å². The highest BCUT2D eigenvalue weighted by Gasteiger charge is 2.20. The fourth-order valence-corrected chi connectivity index (χ4v) is 4.20. The molecule has 0 atom stereocenters. The van der Waals surface area contributed by atoms with Crippen LogP contribution in [0.2, 0.25) is 0 Å². The van der Waals surface area contributed by atoms with Gasteiger partial charge in [-0.1, -0.05) is 23.5 Å². The molecule has 0 saturated heterocycles. The van der Waals surface area contributed by atoms with Gasteiger partial charge in [0, 0.05) is 18.0 Å². The second kappa shape index (κ2) is 8.82. The van der Waals surface area contributed by atoms with Gasteiger partial charge in [0.25, 0.3) is 0 Å². The summed E-state index contributed by atoms with van der Waals surface area (Å²) < 4.78 is 14.2. The lowest BCUT2D eigenvalue weighted by Gasteiger charge is -2.22. The van der Waals surface area contributed by atoms with E-state index in [4.69, 9.17) is 0 Å². The van der Waals surface area contributed by atoms with E-state index in [0.29, 0.717) is 11.7 Å². The average molecular weight is 404 g/mol. The summed E-state index contributed by atoms with van der Waals surface area (Å²) in [7, 11) is 3.96. The van der Waals surface area contributed by atoms with E-state index in [1.807, 2.05) is 37.4 Å². The van der Waals surface area contributed by atoms with Crippen LogP contribution in [0.25, 0.3) is 10.2 Å². The van der Waals surface area contributed by atoms with Crippen LogP contribution in [0, 0.1) is 5.82 Å². The number of thioether (sulfide) groups is 1. The van der Waals surface area contributed by atoms with E-state index in [1.54, 1.807) is 28.8 Å². The third-order valence-corrected chi connectivity index (χ3v) is 5.92. The fraction of sp³-hybridized carbons (Fsp3) is 0.300. The van der Waals surface area contributed by atoms with Crippen molar-refractivity contribution < 1.29 is 9.18 Å². The largest absolute Gasteiger partial charge is 0.308 e. The van der Waals surface area contributed by atoms with Crippen molar-refractivity contribution in [1.82, 2.24) is 9.88 Å². The number of amides is 1. The van der Waals surface area contributed by atoms with Gasteiger partial charge in [0.15, 0.2) is 5.13 Å². The van der Waals surface area contributed by atoms with Crippen molar-refractivity contribution in [3.63, 3.8) is 0 Å². The van der Waals surface area contributed by atoms with Crippen LogP contribution >= 0.6 is 23.1 Å². The van der Waals surface area contributed by atoms with Gasteiger partial charge in [0.2, 0.25) is 5.91 Å². The van der Waals surface area contributed by atoms with Crippen LogP contribution in [0.3, 0.4) is 0 Å². The Hall–Kier alpha value is -1.96. The number of anilines is 1. The maximum absolute atomic E-state index is 13.1. The first kappa shape index (κ1) is 19.8. The molecule has 0 aliphatic heterocycles. The molecule has 0 unspecified atom stereocenters. The Labute approximate surface area is 167 Å². The number of fused-ring (bicyclic) bond motifs is 1. The maximum atomic E-state index is 13.1. The molecule has 0 aliphatic rings. The summed E-state index contributed by atoms with van der Waals surface area (Å²) >= 11 is 3.22. The summed E-state index contributed by atoms with van der Waals surface area (Å²) in [6, 6.07) is 12.2. The number of carbonyl (C=O) groups is 1. The van der Waals surface area contributed by atoms with Crippen molar-refractivity contribution >= 4 is 44.4 Å². The van der Waals surface area contributed by atoms with Crippen molar-refractivity contribution in [3.05, 3.63) is 53.8 Å². The normalized spacial score (nSPS) is 11.3. The summed E-state index contributed by atoms with van der Waals surface area (Å²) in [5.41, 5.74) is 1.69. The second-order valence-electron chi connectivity index (χ2n) is 6.48. The number of nitrogens with zero attached hydrogens (tertiary/aromatic N) is 3. The molecule has 142 valence electrons. The number of hydrogen-bond donors (Lipinski definition) is 0. The first-order valence-electron chi connectivity index (χ1n) is 8.60. The molecule has 0 N–H and O–H groups in total. The predicted molar refractivity (Wildman–Crippen MR) is 112 cm³/mol. The lowest BCUT2D eigenvalue weighted by atomic mass is 10.1. The standard InChI is InChI=1S/C20H22FN3OS2/c1-23(2)10-11-24(19(25)12-14-4-6-15(21)7-5-14)20-22-17-9-8-16(26-3)13-18(17)27-20/h4-9,13H,10-12H2,1-3H3. The molecule has 7 heteroatoms. The lowest BCUT2D eigenvalue weighted by Crippen LogP contribution is -2.37. The molecule has 0 radical (unpaired) electrons. The number of likely N-dealkylation sites (N-methyl/N-ethyl adjacent to an activating group) is 1. The van der Waals surface area contributed by atoms with Gasteiger partial charge in [-0.25, -0.2) is 9.37 Å². The van der Waals surface area contributed by atoms with Crippen molar-refractivity contribution in [3.8, 4) is 0 Å². The van der Waals surface area contributed by atoms with E-state index >= 15 is 0 Å². The molecular formula is C20H22FN3OS2. The molecule has 0 aliphatic carbocycles. The third-order valence-electron chi connectivity index (χ3n) is 4.16. The van der Waals surface area contributed by atoms with E-state index in [9.17, 15) is 9.18 Å². The summed E-state index contributed by atoms with van der Waals surface area (Å²) in [6.45, 7) is 1.30. The van der Waals surface area contributed by atoms with Crippen molar-refractivity contribution in [2.24, 2.45) is 0 Å². The Kier molecular flexibility index (Phi) is 6.46. The molecule has 3 aromatic rings. The maximum Gasteiger partial charge on any atom is 0.233 e. The number of carbonyl (C=O) groups excluding carboxylic acids is 1. The van der Waals surface area contributed by atoms with Crippen LogP contribution in [-0.4, -0.2) is 49.2 Å². The van der Waals surface area contributed by atoms with Gasteiger partial charge >= 0.3 is 0 Å². The van der Waals surface area contributed by atoms with Crippen LogP contribution in [0.15, 0.2) is 47.4 Å². The van der Waals surface area contributed by atoms with Gasteiger partial charge in [0.05, 0.1) is 16.6 Å². The Morgan fingerprint density at radius 2 is 1.89 bits per heavy atom. The highest BCUT2D eigenvalue weighted by atomic mass is 32.2. The Balaban J connectivity index is 1.87. The Bertz CT molecular complexity index is 925. The number of benzene rings is 2. The van der Waals surface area contributed by atoms with Crippen LogP contribution in [-0.2, 0) is 11.2 Å². The molecular weight excluding hydrogens is 381 g/mol. The molecule has 0 fully saturated rings. The van der Waals surface area contributed by atoms with Crippen molar-refractivity contribution in [2.45, 2.75) is 11.3 Å². The molecule has 1 heterocycles. The van der Waals surface area contributed by atoms with E-state index in [-0.39, 0.29) is 18.1 Å². The van der Waals surface area contributed by atoms with E-state index in [1.165, 1.54) is 28.4 Å². The second-order valence-corrected chi connectivity index (χ2v) is 8.37. The SMILES string of the molecule is CSc1ccc2nc(N(CCN(C)C)C(=O)Cc3ccc(F)cc3)sc2c1. The molecule has 27 heavy (non-hydrogen) atoms. The minimum Gasteiger partial charge on any atom is -0.308 e. The first-order valence-corrected chi connectivity index (χ1v) is 10.6. The summed E-state index contributed by atoms with van der Waals surface area (Å²) in [6.07, 6.45) is 2.26. The average Bonchev–Trinajstić information content (AvgIpc) is 3.06. The Morgan fingerprint density at radius 1 is 1.15 bits per heavy atom. The molecule has 3 rings (SSSR count). The van der Waals surface area contributed by atoms with Crippen molar-refractivity contribution in [2.75, 3.05) is 38.3 Å². The highest BCUT2D eigenvalue weighted by molar-refractivity contribution is 7.98. The van der Waals surface area contributed by atoms with Crippen LogP contribution < -0.4 is 4.90 Å². The van der Waals surface area contributed by atoms with Gasteiger partial charge < -0.3 is 4.90 Å². The van der Waals surface area contributed by atoms with Gasteiger partial charge in [-0.3, -0.25) is 9.69 Å². The fourth-order valence-electron chi connectivity index (χ4n) is 2.63. The molecule has 4 nitrogen and oxygen atoms in total. The van der Waals surface area contributed by atoms with Gasteiger partial charge in [0.1, 0.15) is 5.82 Å². The van der Waals surface area contributed by atoms with E-state index < -0.39 is 0 Å². The topological polar surface area (TPSA) is 36.4 Å². The zero-order valence-corrected chi connectivity index (χ0v) is 17.2. The quantitative estimate of drug-likeness (QED) is 0.551. The number of hydrogen-bond acceptors (Lipinski definition) is 5. The van der Waals surface area contributed by atoms with Gasteiger partial charge in [-0.2, -0.15) is 0 Å². The zero-order valence-electron chi connectivity index (χ0n) is 15.6. The molecule has 0 saturated carbocycles. The molecule has 1 amide bonds. The molecule has 0 bridgehead atoms. The predicted octanol–water partition coefficient (Wildman–Crippen LogP) is 4.29. The number of halogens is 1. The Morgan fingerprint density at radius 3 is 2.56 bits per heavy atom. The summed E-state index contributed by atoms with van der Waals surface area (Å²) in [5, 5.41) is 0.706. The molecule has 0 spiro atoms. The van der Waals surface area contributed by atoms with Gasteiger partial charge in [-0.15, -0.1) is 11.8 Å². The number of aromatic nitrogens is 1. The van der Waals surface area contributed by atoms with Gasteiger partial charge in [-0.05, 0) is 56.2 Å². The van der Waals surface area contributed by atoms with Crippen LogP contribution in [0.5, 0.6) is 0 Å². The zero-order chi connectivity index (χ0) is 19.4. The minimum absolute atomic E-state index is 0.0346. The number of thiazole rings is 1. The third kappa shape index (κ3) is 5.06. The summed E-state index contributed by atoms with van der Waals surface area (Å²) in [4.78, 5) is 22.6. The smallest absolute Gasteiger partial charge is 0.233 e.